The SMILES string of the molecule is C[C@H](NC(=O)c1ccc(Cl)cc1)C(=O)OCC(=O)Nc1cc(F)ccc1F. The third-order valence-electron chi connectivity index (χ3n) is 3.36. The lowest BCUT2D eigenvalue weighted by Gasteiger charge is -2.13. The number of benzene rings is 2. The molecule has 2 N–H and O–H groups in total. The first-order valence-electron chi connectivity index (χ1n) is 7.74. The van der Waals surface area contributed by atoms with Crippen LogP contribution in [-0.4, -0.2) is 30.4 Å². The molecule has 2 rings (SSSR count). The number of carbonyl (C=O) groups is 3. The molecule has 0 aliphatic heterocycles. The third-order valence-corrected chi connectivity index (χ3v) is 3.61. The van der Waals surface area contributed by atoms with Crippen molar-refractivity contribution in [1.82, 2.24) is 5.32 Å². The normalized spacial score (nSPS) is 11.4. The van der Waals surface area contributed by atoms with Crippen LogP contribution in [0.15, 0.2) is 42.5 Å². The molecule has 2 aromatic carbocycles. The predicted molar refractivity (Wildman–Crippen MR) is 94.3 cm³/mol. The van der Waals surface area contributed by atoms with Gasteiger partial charge < -0.3 is 15.4 Å². The van der Waals surface area contributed by atoms with Crippen molar-refractivity contribution in [3.05, 3.63) is 64.7 Å². The number of halogens is 3. The third kappa shape index (κ3) is 6.03. The molecule has 0 radical (unpaired) electrons. The van der Waals surface area contributed by atoms with Crippen LogP contribution in [0.3, 0.4) is 0 Å². The summed E-state index contributed by atoms with van der Waals surface area (Å²) in [4.78, 5) is 35.6. The summed E-state index contributed by atoms with van der Waals surface area (Å²) in [5.74, 6) is -3.82. The Morgan fingerprint density at radius 1 is 1.11 bits per heavy atom. The van der Waals surface area contributed by atoms with Crippen molar-refractivity contribution in [2.75, 3.05) is 11.9 Å². The molecule has 0 aromatic heterocycles. The number of rotatable bonds is 6. The lowest BCUT2D eigenvalue weighted by atomic mass is 10.2. The van der Waals surface area contributed by atoms with E-state index in [0.29, 0.717) is 10.6 Å². The Labute approximate surface area is 158 Å². The molecule has 0 saturated carbocycles. The minimum Gasteiger partial charge on any atom is -0.454 e. The van der Waals surface area contributed by atoms with E-state index in [9.17, 15) is 23.2 Å². The number of hydrogen-bond donors (Lipinski definition) is 2. The molecule has 0 unspecified atom stereocenters. The van der Waals surface area contributed by atoms with E-state index in [0.717, 1.165) is 18.2 Å². The molecule has 0 bridgehead atoms. The number of amides is 2. The Kier molecular flexibility index (Phi) is 6.84. The van der Waals surface area contributed by atoms with Gasteiger partial charge in [0, 0.05) is 16.7 Å². The molecule has 6 nitrogen and oxygen atoms in total. The molecule has 0 aliphatic rings. The maximum absolute atomic E-state index is 13.4. The van der Waals surface area contributed by atoms with Crippen molar-refractivity contribution < 1.29 is 27.9 Å². The van der Waals surface area contributed by atoms with Gasteiger partial charge in [0.2, 0.25) is 0 Å². The van der Waals surface area contributed by atoms with E-state index >= 15 is 0 Å². The van der Waals surface area contributed by atoms with Crippen molar-refractivity contribution in [3.8, 4) is 0 Å². The second-order valence-electron chi connectivity index (χ2n) is 5.48. The van der Waals surface area contributed by atoms with E-state index in [1.54, 1.807) is 0 Å². The largest absolute Gasteiger partial charge is 0.454 e. The van der Waals surface area contributed by atoms with Crippen molar-refractivity contribution in [3.63, 3.8) is 0 Å². The molecule has 0 spiro atoms. The smallest absolute Gasteiger partial charge is 0.328 e. The molecule has 2 aromatic rings. The number of nitrogens with one attached hydrogen (secondary N) is 2. The number of esters is 1. The summed E-state index contributed by atoms with van der Waals surface area (Å²) in [5, 5.41) is 4.95. The molecule has 0 aliphatic carbocycles. The standard InChI is InChI=1S/C18H15ClF2N2O4/c1-10(22-17(25)11-2-4-12(19)5-3-11)18(26)27-9-16(24)23-15-8-13(20)6-7-14(15)21/h2-8,10H,9H2,1H3,(H,22,25)(H,23,24)/t10-/m0/s1. The Balaban J connectivity index is 1.83. The Morgan fingerprint density at radius 3 is 2.44 bits per heavy atom. The first-order chi connectivity index (χ1) is 12.8. The van der Waals surface area contributed by atoms with Crippen molar-refractivity contribution in [2.24, 2.45) is 0 Å². The topological polar surface area (TPSA) is 84.5 Å². The second-order valence-corrected chi connectivity index (χ2v) is 5.92. The molecule has 2 amide bonds. The zero-order valence-corrected chi connectivity index (χ0v) is 14.8. The number of ether oxygens (including phenoxy) is 1. The van der Waals surface area contributed by atoms with Gasteiger partial charge in [0.25, 0.3) is 11.8 Å². The molecule has 0 heterocycles. The van der Waals surface area contributed by atoms with Crippen LogP contribution in [0, 0.1) is 11.6 Å². The van der Waals surface area contributed by atoms with Crippen LogP contribution < -0.4 is 10.6 Å². The van der Waals surface area contributed by atoms with Crippen LogP contribution in [0.25, 0.3) is 0 Å². The van der Waals surface area contributed by atoms with Crippen molar-refractivity contribution in [2.45, 2.75) is 13.0 Å². The fourth-order valence-electron chi connectivity index (χ4n) is 1.98. The Hall–Kier alpha value is -3.00. The molecular formula is C18H15ClF2N2O4. The van der Waals surface area contributed by atoms with Gasteiger partial charge in [0.1, 0.15) is 17.7 Å². The molecule has 142 valence electrons. The molecule has 9 heteroatoms. The summed E-state index contributed by atoms with van der Waals surface area (Å²) in [7, 11) is 0. The minimum atomic E-state index is -1.04. The maximum Gasteiger partial charge on any atom is 0.328 e. The predicted octanol–water partition coefficient (Wildman–Crippen LogP) is 2.92. The summed E-state index contributed by atoms with van der Waals surface area (Å²) in [5.41, 5.74) is -0.0847. The summed E-state index contributed by atoms with van der Waals surface area (Å²) >= 11 is 5.73. The highest BCUT2D eigenvalue weighted by atomic mass is 35.5. The van der Waals surface area contributed by atoms with Gasteiger partial charge in [-0.15, -0.1) is 0 Å². The van der Waals surface area contributed by atoms with Crippen LogP contribution in [0.1, 0.15) is 17.3 Å². The number of anilines is 1. The zero-order chi connectivity index (χ0) is 20.0. The lowest BCUT2D eigenvalue weighted by Crippen LogP contribution is -2.40. The summed E-state index contributed by atoms with van der Waals surface area (Å²) in [6.45, 7) is 0.649. The van der Waals surface area contributed by atoms with Crippen LogP contribution in [0.5, 0.6) is 0 Å². The van der Waals surface area contributed by atoms with E-state index in [-0.39, 0.29) is 5.69 Å². The highest BCUT2D eigenvalue weighted by Crippen LogP contribution is 2.15. The second kappa shape index (κ2) is 9.09. The van der Waals surface area contributed by atoms with E-state index in [1.807, 2.05) is 0 Å². The molecule has 0 fully saturated rings. The molecular weight excluding hydrogens is 382 g/mol. The van der Waals surface area contributed by atoms with E-state index in [1.165, 1.54) is 31.2 Å². The number of hydrogen-bond acceptors (Lipinski definition) is 4. The Morgan fingerprint density at radius 2 is 1.78 bits per heavy atom. The van der Waals surface area contributed by atoms with Gasteiger partial charge in [-0.3, -0.25) is 9.59 Å². The quantitative estimate of drug-likeness (QED) is 0.735. The van der Waals surface area contributed by atoms with Gasteiger partial charge in [-0.1, -0.05) is 11.6 Å². The summed E-state index contributed by atoms with van der Waals surface area (Å²) < 4.78 is 31.3. The van der Waals surface area contributed by atoms with E-state index < -0.39 is 42.1 Å². The van der Waals surface area contributed by atoms with Gasteiger partial charge >= 0.3 is 5.97 Å². The Bertz CT molecular complexity index is 859. The first-order valence-corrected chi connectivity index (χ1v) is 8.12. The summed E-state index contributed by atoms with van der Waals surface area (Å²) in [6.07, 6.45) is 0. The van der Waals surface area contributed by atoms with E-state index in [4.69, 9.17) is 16.3 Å². The van der Waals surface area contributed by atoms with Crippen LogP contribution >= 0.6 is 11.6 Å². The monoisotopic (exact) mass is 396 g/mol. The lowest BCUT2D eigenvalue weighted by molar-refractivity contribution is -0.148. The van der Waals surface area contributed by atoms with Crippen molar-refractivity contribution in [1.29, 1.82) is 0 Å². The summed E-state index contributed by atoms with van der Waals surface area (Å²) in [6, 6.07) is 7.52. The van der Waals surface area contributed by atoms with Crippen LogP contribution in [0.2, 0.25) is 5.02 Å². The zero-order valence-electron chi connectivity index (χ0n) is 14.1. The van der Waals surface area contributed by atoms with Gasteiger partial charge in [0.15, 0.2) is 6.61 Å². The van der Waals surface area contributed by atoms with Crippen LogP contribution in [0.4, 0.5) is 14.5 Å². The fraction of sp³-hybridized carbons (Fsp3) is 0.167. The fourth-order valence-corrected chi connectivity index (χ4v) is 2.11. The van der Waals surface area contributed by atoms with E-state index in [2.05, 4.69) is 10.6 Å². The van der Waals surface area contributed by atoms with Crippen LogP contribution in [-0.2, 0) is 14.3 Å². The average molecular weight is 397 g/mol. The first kappa shape index (κ1) is 20.3. The highest BCUT2D eigenvalue weighted by Gasteiger charge is 2.19. The van der Waals surface area contributed by atoms with Gasteiger partial charge in [-0.2, -0.15) is 0 Å². The van der Waals surface area contributed by atoms with Gasteiger partial charge in [0.05, 0.1) is 5.69 Å². The maximum atomic E-state index is 13.4. The highest BCUT2D eigenvalue weighted by molar-refractivity contribution is 6.30. The molecule has 1 atom stereocenters. The molecule has 0 saturated heterocycles. The minimum absolute atomic E-state index is 0.290. The van der Waals surface area contributed by atoms with Gasteiger partial charge in [-0.05, 0) is 43.3 Å². The average Bonchev–Trinajstić information content (AvgIpc) is 2.63. The van der Waals surface area contributed by atoms with Crippen molar-refractivity contribution >= 4 is 35.1 Å². The molecule has 27 heavy (non-hydrogen) atoms. The number of carbonyl (C=O) groups excluding carboxylic acids is 3. The van der Waals surface area contributed by atoms with Gasteiger partial charge in [-0.25, -0.2) is 13.6 Å².